The first-order valence-corrected chi connectivity index (χ1v) is 11.2. The van der Waals surface area contributed by atoms with Gasteiger partial charge in [-0.2, -0.15) is 0 Å². The zero-order valence-electron chi connectivity index (χ0n) is 19.0. The van der Waals surface area contributed by atoms with Gasteiger partial charge in [0.05, 0.1) is 6.04 Å². The van der Waals surface area contributed by atoms with Crippen molar-refractivity contribution in [2.24, 2.45) is 0 Å². The molecule has 0 spiro atoms. The number of hydrogen-bond acceptors (Lipinski definition) is 4. The molecule has 0 amide bonds. The normalized spacial score (nSPS) is 21.3. The van der Waals surface area contributed by atoms with Gasteiger partial charge in [-0.3, -0.25) is 9.80 Å². The van der Waals surface area contributed by atoms with Crippen LogP contribution >= 0.6 is 0 Å². The van der Waals surface area contributed by atoms with Crippen LogP contribution in [0.4, 0.5) is 5.69 Å². The van der Waals surface area contributed by atoms with E-state index in [1.165, 1.54) is 11.3 Å². The van der Waals surface area contributed by atoms with Crippen molar-refractivity contribution in [2.75, 3.05) is 37.6 Å². The molecular formula is C26H37N3O. The topological polar surface area (TPSA) is 30.0 Å². The summed E-state index contributed by atoms with van der Waals surface area (Å²) in [7, 11) is 0. The fourth-order valence-corrected chi connectivity index (χ4v) is 4.76. The molecule has 2 aromatic carbocycles. The molecule has 1 fully saturated rings. The minimum Gasteiger partial charge on any atom is -0.508 e. The molecule has 0 aromatic heterocycles. The molecule has 0 aliphatic carbocycles. The highest BCUT2D eigenvalue weighted by Gasteiger charge is 2.34. The van der Waals surface area contributed by atoms with Gasteiger partial charge in [0, 0.05) is 50.5 Å². The maximum Gasteiger partial charge on any atom is 0.115 e. The van der Waals surface area contributed by atoms with E-state index in [0.717, 1.165) is 38.3 Å². The minimum atomic E-state index is 0.107. The third kappa shape index (κ3) is 4.88. The smallest absolute Gasteiger partial charge is 0.115 e. The zero-order valence-corrected chi connectivity index (χ0v) is 19.0. The lowest BCUT2D eigenvalue weighted by atomic mass is 9.93. The largest absolute Gasteiger partial charge is 0.508 e. The van der Waals surface area contributed by atoms with Crippen LogP contribution in [0.5, 0.6) is 5.75 Å². The standard InChI is InChI=1S/C26H37N3O/c1-6-15-28-18-21(5)29(19-20(28)4)26(23-12-10-14-25(30)17-23)22-11-9-13-24(16-22)27(7-2)8-3/h6,9-14,16-17,20-21,26,30H,1,7-8,15,18-19H2,2-5H3/t20-,21+,26-/m1/s1. The van der Waals surface area contributed by atoms with E-state index in [-0.39, 0.29) is 6.04 Å². The summed E-state index contributed by atoms with van der Waals surface area (Å²) in [6.45, 7) is 17.8. The number of aromatic hydroxyl groups is 1. The van der Waals surface area contributed by atoms with Crippen molar-refractivity contribution in [1.82, 2.24) is 9.80 Å². The molecule has 1 saturated heterocycles. The van der Waals surface area contributed by atoms with Gasteiger partial charge in [0.2, 0.25) is 0 Å². The first-order valence-electron chi connectivity index (χ1n) is 11.2. The van der Waals surface area contributed by atoms with Crippen molar-refractivity contribution in [3.8, 4) is 5.75 Å². The van der Waals surface area contributed by atoms with Crippen LogP contribution in [0.25, 0.3) is 0 Å². The van der Waals surface area contributed by atoms with Crippen molar-refractivity contribution < 1.29 is 5.11 Å². The van der Waals surface area contributed by atoms with E-state index in [4.69, 9.17) is 0 Å². The maximum atomic E-state index is 10.2. The van der Waals surface area contributed by atoms with Crippen LogP contribution in [0.2, 0.25) is 0 Å². The number of nitrogens with zero attached hydrogens (tertiary/aromatic N) is 3. The monoisotopic (exact) mass is 407 g/mol. The van der Waals surface area contributed by atoms with E-state index < -0.39 is 0 Å². The van der Waals surface area contributed by atoms with Crippen molar-refractivity contribution in [3.63, 3.8) is 0 Å². The van der Waals surface area contributed by atoms with Crippen molar-refractivity contribution >= 4 is 5.69 Å². The highest BCUT2D eigenvalue weighted by atomic mass is 16.3. The second-order valence-corrected chi connectivity index (χ2v) is 8.40. The molecule has 1 aliphatic heterocycles. The quantitative estimate of drug-likeness (QED) is 0.630. The predicted octanol–water partition coefficient (Wildman–Crippen LogP) is 4.91. The van der Waals surface area contributed by atoms with Gasteiger partial charge in [-0.05, 0) is 63.1 Å². The van der Waals surface area contributed by atoms with Gasteiger partial charge in [-0.15, -0.1) is 6.58 Å². The molecule has 3 atom stereocenters. The summed E-state index contributed by atoms with van der Waals surface area (Å²) in [5.41, 5.74) is 3.68. The molecule has 4 nitrogen and oxygen atoms in total. The van der Waals surface area contributed by atoms with Gasteiger partial charge in [-0.25, -0.2) is 0 Å². The summed E-state index contributed by atoms with van der Waals surface area (Å²) >= 11 is 0. The van der Waals surface area contributed by atoms with Gasteiger partial charge in [-0.1, -0.05) is 30.3 Å². The SMILES string of the molecule is C=CCN1C[C@H](C)N([C@@H](c2cccc(O)c2)c2cccc(N(CC)CC)c2)C[C@H]1C. The zero-order chi connectivity index (χ0) is 21.7. The van der Waals surface area contributed by atoms with Crippen molar-refractivity contribution in [3.05, 3.63) is 72.3 Å². The molecule has 0 radical (unpaired) electrons. The molecule has 3 rings (SSSR count). The first-order chi connectivity index (χ1) is 14.5. The molecule has 1 N–H and O–H groups in total. The Bertz CT molecular complexity index is 833. The van der Waals surface area contributed by atoms with E-state index in [9.17, 15) is 5.11 Å². The third-order valence-corrected chi connectivity index (χ3v) is 6.36. The number of benzene rings is 2. The summed E-state index contributed by atoms with van der Waals surface area (Å²) in [4.78, 5) is 7.48. The Kier molecular flexibility index (Phi) is 7.57. The Balaban J connectivity index is 2.02. The number of piperazine rings is 1. The third-order valence-electron chi connectivity index (χ3n) is 6.36. The average molecular weight is 408 g/mol. The summed E-state index contributed by atoms with van der Waals surface area (Å²) in [5.74, 6) is 0.323. The summed E-state index contributed by atoms with van der Waals surface area (Å²) in [6.07, 6.45) is 2.00. The Morgan fingerprint density at radius 2 is 1.70 bits per heavy atom. The van der Waals surface area contributed by atoms with Gasteiger partial charge in [0.25, 0.3) is 0 Å². The van der Waals surface area contributed by atoms with Crippen LogP contribution in [0.15, 0.2) is 61.2 Å². The molecule has 2 aromatic rings. The van der Waals surface area contributed by atoms with Gasteiger partial charge >= 0.3 is 0 Å². The van der Waals surface area contributed by atoms with Gasteiger partial charge in [0.1, 0.15) is 5.75 Å². The van der Waals surface area contributed by atoms with E-state index in [2.05, 4.69) is 79.3 Å². The molecule has 162 valence electrons. The average Bonchev–Trinajstić information content (AvgIpc) is 2.73. The van der Waals surface area contributed by atoms with E-state index in [1.807, 2.05) is 18.2 Å². The van der Waals surface area contributed by atoms with E-state index in [1.54, 1.807) is 6.07 Å². The Morgan fingerprint density at radius 1 is 1.03 bits per heavy atom. The Morgan fingerprint density at radius 3 is 2.33 bits per heavy atom. The summed E-state index contributed by atoms with van der Waals surface area (Å²) in [6, 6.07) is 17.6. The van der Waals surface area contributed by atoms with Crippen LogP contribution in [-0.4, -0.2) is 59.7 Å². The van der Waals surface area contributed by atoms with E-state index in [0.29, 0.717) is 17.8 Å². The Hall–Kier alpha value is -2.30. The highest BCUT2D eigenvalue weighted by molar-refractivity contribution is 5.51. The summed E-state index contributed by atoms with van der Waals surface area (Å²) < 4.78 is 0. The molecule has 30 heavy (non-hydrogen) atoms. The van der Waals surface area contributed by atoms with Crippen molar-refractivity contribution in [1.29, 1.82) is 0 Å². The molecular weight excluding hydrogens is 370 g/mol. The fraction of sp³-hybridized carbons (Fsp3) is 0.462. The maximum absolute atomic E-state index is 10.2. The van der Waals surface area contributed by atoms with Crippen LogP contribution in [0.3, 0.4) is 0 Å². The van der Waals surface area contributed by atoms with Crippen molar-refractivity contribution in [2.45, 2.75) is 45.8 Å². The van der Waals surface area contributed by atoms with Crippen LogP contribution in [0, 0.1) is 0 Å². The second kappa shape index (κ2) is 10.1. The lowest BCUT2D eigenvalue weighted by Gasteiger charge is -2.47. The van der Waals surface area contributed by atoms with Gasteiger partial charge < -0.3 is 10.0 Å². The highest BCUT2D eigenvalue weighted by Crippen LogP contribution is 2.35. The number of phenols is 1. The fourth-order valence-electron chi connectivity index (χ4n) is 4.76. The molecule has 4 heteroatoms. The Labute approximate surface area is 182 Å². The van der Waals surface area contributed by atoms with Gasteiger partial charge in [0.15, 0.2) is 0 Å². The summed E-state index contributed by atoms with van der Waals surface area (Å²) in [5, 5.41) is 10.2. The number of anilines is 1. The van der Waals surface area contributed by atoms with Crippen LogP contribution < -0.4 is 4.90 Å². The lowest BCUT2D eigenvalue weighted by Crippen LogP contribution is -2.57. The molecule has 1 heterocycles. The molecule has 1 aliphatic rings. The minimum absolute atomic E-state index is 0.107. The molecule has 0 unspecified atom stereocenters. The van der Waals surface area contributed by atoms with E-state index >= 15 is 0 Å². The lowest BCUT2D eigenvalue weighted by molar-refractivity contribution is 0.0306. The number of phenolic OH excluding ortho intramolecular Hbond substituents is 1. The first kappa shape index (κ1) is 22.4. The molecule has 0 bridgehead atoms. The molecule has 0 saturated carbocycles. The number of hydrogen-bond donors (Lipinski definition) is 1. The number of rotatable bonds is 8. The second-order valence-electron chi connectivity index (χ2n) is 8.40. The van der Waals surface area contributed by atoms with Crippen LogP contribution in [-0.2, 0) is 0 Å². The van der Waals surface area contributed by atoms with Crippen LogP contribution in [0.1, 0.15) is 44.9 Å². The predicted molar refractivity (Wildman–Crippen MR) is 127 cm³/mol.